The van der Waals surface area contributed by atoms with Crippen LogP contribution in [0.3, 0.4) is 0 Å². The minimum atomic E-state index is -3.76. The van der Waals surface area contributed by atoms with Gasteiger partial charge in [-0.2, -0.15) is 0 Å². The molecule has 0 aromatic heterocycles. The first-order valence-corrected chi connectivity index (χ1v) is 14.1. The first kappa shape index (κ1) is 27.9. The maximum Gasteiger partial charge on any atom is 0.244 e. The number of hydrogen-bond donors (Lipinski definition) is 1. The molecule has 0 bridgehead atoms. The van der Waals surface area contributed by atoms with Gasteiger partial charge in [0.25, 0.3) is 0 Å². The predicted molar refractivity (Wildman–Crippen MR) is 148 cm³/mol. The fourth-order valence-electron chi connectivity index (χ4n) is 4.15. The standard InChI is InChI=1S/C29H35N3O4S/c1-22(2)30-29(34)27(19-24-13-7-5-8-14-24)31(20-25-15-11-12-23(3)18-25)28(33)21-32(37(4,35)36)26-16-9-6-10-17-26/h5-18,22,27H,19-21H2,1-4H3,(H,30,34)/t27-/m1/s1. The summed E-state index contributed by atoms with van der Waals surface area (Å²) in [6.45, 7) is 5.43. The van der Waals surface area contributed by atoms with E-state index in [0.29, 0.717) is 12.1 Å². The van der Waals surface area contributed by atoms with Gasteiger partial charge in [0.2, 0.25) is 21.8 Å². The molecule has 0 aliphatic rings. The molecule has 3 rings (SSSR count). The molecule has 0 unspecified atom stereocenters. The third-order valence-corrected chi connectivity index (χ3v) is 7.00. The average molecular weight is 522 g/mol. The Balaban J connectivity index is 2.04. The number of nitrogens with zero attached hydrogens (tertiary/aromatic N) is 2. The Kier molecular flexibility index (Phi) is 9.47. The molecule has 1 atom stereocenters. The van der Waals surface area contributed by atoms with Crippen molar-refractivity contribution in [3.63, 3.8) is 0 Å². The van der Waals surface area contributed by atoms with Crippen molar-refractivity contribution >= 4 is 27.5 Å². The van der Waals surface area contributed by atoms with E-state index >= 15 is 0 Å². The van der Waals surface area contributed by atoms with Crippen LogP contribution in [0.1, 0.15) is 30.5 Å². The van der Waals surface area contributed by atoms with Crippen LogP contribution in [0.5, 0.6) is 0 Å². The van der Waals surface area contributed by atoms with Crippen LogP contribution in [0.25, 0.3) is 0 Å². The van der Waals surface area contributed by atoms with E-state index < -0.39 is 28.5 Å². The zero-order valence-electron chi connectivity index (χ0n) is 21.8. The van der Waals surface area contributed by atoms with E-state index in [0.717, 1.165) is 27.3 Å². The smallest absolute Gasteiger partial charge is 0.244 e. The van der Waals surface area contributed by atoms with Gasteiger partial charge in [0.1, 0.15) is 12.6 Å². The highest BCUT2D eigenvalue weighted by atomic mass is 32.2. The molecule has 37 heavy (non-hydrogen) atoms. The van der Waals surface area contributed by atoms with Crippen molar-refractivity contribution < 1.29 is 18.0 Å². The number of benzene rings is 3. The van der Waals surface area contributed by atoms with Crippen molar-refractivity contribution in [3.8, 4) is 0 Å². The van der Waals surface area contributed by atoms with E-state index in [1.807, 2.05) is 75.4 Å². The van der Waals surface area contributed by atoms with Crippen molar-refractivity contribution in [3.05, 3.63) is 102 Å². The summed E-state index contributed by atoms with van der Waals surface area (Å²) in [5.74, 6) is -0.749. The molecule has 0 radical (unpaired) electrons. The van der Waals surface area contributed by atoms with Crippen molar-refractivity contribution in [2.75, 3.05) is 17.1 Å². The minimum Gasteiger partial charge on any atom is -0.352 e. The average Bonchev–Trinajstić information content (AvgIpc) is 2.84. The van der Waals surface area contributed by atoms with Gasteiger partial charge in [-0.05, 0) is 44.0 Å². The maximum atomic E-state index is 13.9. The topological polar surface area (TPSA) is 86.8 Å². The molecule has 0 aliphatic heterocycles. The third kappa shape index (κ3) is 8.18. The van der Waals surface area contributed by atoms with Gasteiger partial charge in [0.15, 0.2) is 0 Å². The molecule has 3 aromatic rings. The Labute approximate surface area is 220 Å². The molecule has 0 saturated carbocycles. The molecule has 0 heterocycles. The number of hydrogen-bond acceptors (Lipinski definition) is 4. The maximum absolute atomic E-state index is 13.9. The number of carbonyl (C=O) groups excluding carboxylic acids is 2. The van der Waals surface area contributed by atoms with Crippen LogP contribution < -0.4 is 9.62 Å². The molecule has 3 aromatic carbocycles. The lowest BCUT2D eigenvalue weighted by Gasteiger charge is -2.34. The SMILES string of the molecule is Cc1cccc(CN(C(=O)CN(c2ccccc2)S(C)(=O)=O)[C@H](Cc2ccccc2)C(=O)NC(C)C)c1. The van der Waals surface area contributed by atoms with Crippen molar-refractivity contribution in [1.82, 2.24) is 10.2 Å². The molecular weight excluding hydrogens is 486 g/mol. The Hall–Kier alpha value is -3.65. The summed E-state index contributed by atoms with van der Waals surface area (Å²) in [4.78, 5) is 28.9. The number of anilines is 1. The molecule has 1 N–H and O–H groups in total. The van der Waals surface area contributed by atoms with Crippen LogP contribution in [0.15, 0.2) is 84.9 Å². The summed E-state index contributed by atoms with van der Waals surface area (Å²) in [5.41, 5.74) is 3.17. The number of amides is 2. The second-order valence-corrected chi connectivity index (χ2v) is 11.4. The van der Waals surface area contributed by atoms with Crippen LogP contribution in [0.2, 0.25) is 0 Å². The lowest BCUT2D eigenvalue weighted by Crippen LogP contribution is -2.54. The van der Waals surface area contributed by atoms with Crippen LogP contribution >= 0.6 is 0 Å². The van der Waals surface area contributed by atoms with Crippen molar-refractivity contribution in [2.45, 2.75) is 45.8 Å². The highest BCUT2D eigenvalue weighted by Crippen LogP contribution is 2.20. The van der Waals surface area contributed by atoms with E-state index in [9.17, 15) is 18.0 Å². The van der Waals surface area contributed by atoms with Gasteiger partial charge < -0.3 is 10.2 Å². The van der Waals surface area contributed by atoms with Crippen LogP contribution in [-0.4, -0.2) is 50.0 Å². The normalized spacial score (nSPS) is 12.1. The van der Waals surface area contributed by atoms with Gasteiger partial charge in [0.05, 0.1) is 11.9 Å². The number of para-hydroxylation sites is 1. The Morgan fingerprint density at radius 2 is 1.46 bits per heavy atom. The molecule has 0 spiro atoms. The molecular formula is C29H35N3O4S. The molecule has 8 heteroatoms. The largest absolute Gasteiger partial charge is 0.352 e. The van der Waals surface area contributed by atoms with Gasteiger partial charge in [-0.1, -0.05) is 78.4 Å². The zero-order valence-corrected chi connectivity index (χ0v) is 22.6. The lowest BCUT2D eigenvalue weighted by atomic mass is 10.0. The van der Waals surface area contributed by atoms with Crippen LogP contribution in [0.4, 0.5) is 5.69 Å². The summed E-state index contributed by atoms with van der Waals surface area (Å²) >= 11 is 0. The van der Waals surface area contributed by atoms with Crippen molar-refractivity contribution in [2.24, 2.45) is 0 Å². The van der Waals surface area contributed by atoms with Gasteiger partial charge in [-0.3, -0.25) is 13.9 Å². The summed E-state index contributed by atoms with van der Waals surface area (Å²) in [7, 11) is -3.76. The van der Waals surface area contributed by atoms with Gasteiger partial charge in [-0.25, -0.2) is 8.42 Å². The van der Waals surface area contributed by atoms with E-state index in [2.05, 4.69) is 5.32 Å². The summed E-state index contributed by atoms with van der Waals surface area (Å²) in [6, 6.07) is 24.8. The van der Waals surface area contributed by atoms with E-state index in [-0.39, 0.29) is 18.5 Å². The third-order valence-electron chi connectivity index (χ3n) is 5.86. The first-order chi connectivity index (χ1) is 17.5. The number of rotatable bonds is 11. The molecule has 0 fully saturated rings. The van der Waals surface area contributed by atoms with Gasteiger partial charge >= 0.3 is 0 Å². The van der Waals surface area contributed by atoms with Gasteiger partial charge in [-0.15, -0.1) is 0 Å². The zero-order chi connectivity index (χ0) is 27.0. The lowest BCUT2D eigenvalue weighted by molar-refractivity contribution is -0.140. The number of aryl methyl sites for hydroxylation is 1. The summed E-state index contributed by atoms with van der Waals surface area (Å²) in [6.07, 6.45) is 1.37. The monoisotopic (exact) mass is 521 g/mol. The molecule has 0 aliphatic carbocycles. The second-order valence-electron chi connectivity index (χ2n) is 9.48. The number of carbonyl (C=O) groups is 2. The first-order valence-electron chi connectivity index (χ1n) is 12.3. The molecule has 196 valence electrons. The van der Waals surface area contributed by atoms with Crippen LogP contribution in [0, 0.1) is 6.92 Å². The quantitative estimate of drug-likeness (QED) is 0.414. The highest BCUT2D eigenvalue weighted by molar-refractivity contribution is 7.92. The molecule has 2 amide bonds. The van der Waals surface area contributed by atoms with Gasteiger partial charge in [0, 0.05) is 19.0 Å². The van der Waals surface area contributed by atoms with Crippen LogP contribution in [-0.2, 0) is 32.6 Å². The second kappa shape index (κ2) is 12.5. The van der Waals surface area contributed by atoms with E-state index in [1.165, 1.54) is 4.90 Å². The predicted octanol–water partition coefficient (Wildman–Crippen LogP) is 3.93. The van der Waals surface area contributed by atoms with E-state index in [1.54, 1.807) is 30.3 Å². The van der Waals surface area contributed by atoms with Crippen molar-refractivity contribution in [1.29, 1.82) is 0 Å². The summed E-state index contributed by atoms with van der Waals surface area (Å²) in [5, 5.41) is 2.95. The number of sulfonamides is 1. The fraction of sp³-hybridized carbons (Fsp3) is 0.310. The Morgan fingerprint density at radius 1 is 0.865 bits per heavy atom. The highest BCUT2D eigenvalue weighted by Gasteiger charge is 2.33. The fourth-order valence-corrected chi connectivity index (χ4v) is 5.00. The minimum absolute atomic E-state index is 0.126. The van der Waals surface area contributed by atoms with E-state index in [4.69, 9.17) is 0 Å². The summed E-state index contributed by atoms with van der Waals surface area (Å²) < 4.78 is 26.5. The Bertz CT molecular complexity index is 1290. The molecule has 7 nitrogen and oxygen atoms in total. The Morgan fingerprint density at radius 3 is 2.03 bits per heavy atom. The molecule has 0 saturated heterocycles. The number of nitrogens with one attached hydrogen (secondary N) is 1.